The number of hydrogen-bond donors (Lipinski definition) is 1. The molecule has 26 heavy (non-hydrogen) atoms. The number of amides is 1. The molecule has 0 saturated heterocycles. The lowest BCUT2D eigenvalue weighted by molar-refractivity contribution is -0.133. The van der Waals surface area contributed by atoms with Crippen LogP contribution in [0.3, 0.4) is 0 Å². The Bertz CT molecular complexity index is 673. The molecule has 5 heteroatoms. The molecule has 0 bridgehead atoms. The molecule has 0 saturated carbocycles. The highest BCUT2D eigenvalue weighted by atomic mass is 16.6. The molecular formula is C21H25NO4. The fraction of sp³-hybridized carbons (Fsp3) is 0.333. The predicted octanol–water partition coefficient (Wildman–Crippen LogP) is 3.35. The Morgan fingerprint density at radius 1 is 1.00 bits per heavy atom. The lowest BCUT2D eigenvalue weighted by Crippen LogP contribution is -2.41. The van der Waals surface area contributed by atoms with Crippen molar-refractivity contribution in [3.63, 3.8) is 0 Å². The van der Waals surface area contributed by atoms with Gasteiger partial charge in [0, 0.05) is 6.54 Å². The average Bonchev–Trinajstić information content (AvgIpc) is 2.68. The second kappa shape index (κ2) is 11.1. The summed E-state index contributed by atoms with van der Waals surface area (Å²) in [5, 5.41) is 2.79. The quantitative estimate of drug-likeness (QED) is 0.524. The van der Waals surface area contributed by atoms with Crippen LogP contribution in [0.1, 0.15) is 35.7 Å². The number of ether oxygens (including phenoxy) is 2. The monoisotopic (exact) mass is 355 g/mol. The fourth-order valence-electron chi connectivity index (χ4n) is 2.29. The molecule has 0 aliphatic heterocycles. The smallest absolute Gasteiger partial charge is 0.338 e. The summed E-state index contributed by atoms with van der Waals surface area (Å²) in [6.45, 7) is 2.95. The number of carbonyl (C=O) groups is 2. The van der Waals surface area contributed by atoms with Crippen LogP contribution in [0.5, 0.6) is 0 Å². The van der Waals surface area contributed by atoms with Crippen LogP contribution in [0.4, 0.5) is 0 Å². The molecule has 1 amide bonds. The van der Waals surface area contributed by atoms with E-state index < -0.39 is 12.1 Å². The van der Waals surface area contributed by atoms with E-state index >= 15 is 0 Å². The van der Waals surface area contributed by atoms with Gasteiger partial charge >= 0.3 is 5.97 Å². The minimum absolute atomic E-state index is 0.00538. The summed E-state index contributed by atoms with van der Waals surface area (Å²) in [4.78, 5) is 24.6. The molecular weight excluding hydrogens is 330 g/mol. The van der Waals surface area contributed by atoms with Crippen molar-refractivity contribution in [3.05, 3.63) is 71.8 Å². The molecule has 1 atom stereocenters. The van der Waals surface area contributed by atoms with Crippen LogP contribution in [-0.4, -0.2) is 31.1 Å². The molecule has 5 nitrogen and oxygen atoms in total. The molecule has 2 aromatic rings. The van der Waals surface area contributed by atoms with Crippen LogP contribution in [0, 0.1) is 0 Å². The van der Waals surface area contributed by atoms with Gasteiger partial charge in [-0.1, -0.05) is 61.9 Å². The summed E-state index contributed by atoms with van der Waals surface area (Å²) >= 11 is 0. The van der Waals surface area contributed by atoms with Crippen LogP contribution in [-0.2, 0) is 20.9 Å². The van der Waals surface area contributed by atoms with Crippen LogP contribution in [0.15, 0.2) is 60.7 Å². The van der Waals surface area contributed by atoms with Gasteiger partial charge in [0.25, 0.3) is 5.91 Å². The highest BCUT2D eigenvalue weighted by molar-refractivity contribution is 5.92. The molecule has 0 aliphatic carbocycles. The summed E-state index contributed by atoms with van der Waals surface area (Å²) in [7, 11) is 0. The van der Waals surface area contributed by atoms with E-state index in [1.165, 1.54) is 0 Å². The van der Waals surface area contributed by atoms with Gasteiger partial charge in [0.2, 0.25) is 6.10 Å². The third-order valence-electron chi connectivity index (χ3n) is 3.76. The lowest BCUT2D eigenvalue weighted by Gasteiger charge is -2.18. The van der Waals surface area contributed by atoms with Gasteiger partial charge in [-0.3, -0.25) is 4.79 Å². The van der Waals surface area contributed by atoms with Crippen molar-refractivity contribution in [2.45, 2.75) is 32.5 Å². The molecule has 0 radical (unpaired) electrons. The van der Waals surface area contributed by atoms with Crippen molar-refractivity contribution < 1.29 is 19.1 Å². The summed E-state index contributed by atoms with van der Waals surface area (Å²) < 4.78 is 11.0. The van der Waals surface area contributed by atoms with E-state index in [2.05, 4.69) is 5.32 Å². The van der Waals surface area contributed by atoms with Crippen molar-refractivity contribution in [2.75, 3.05) is 13.2 Å². The first-order valence-corrected chi connectivity index (χ1v) is 8.86. The Morgan fingerprint density at radius 2 is 1.65 bits per heavy atom. The van der Waals surface area contributed by atoms with E-state index in [9.17, 15) is 9.59 Å². The lowest BCUT2D eigenvalue weighted by atomic mass is 10.2. The number of rotatable bonds is 10. The Labute approximate surface area is 154 Å². The van der Waals surface area contributed by atoms with Crippen molar-refractivity contribution >= 4 is 11.9 Å². The minimum Gasteiger partial charge on any atom is -0.446 e. The van der Waals surface area contributed by atoms with E-state index in [1.54, 1.807) is 24.3 Å². The molecule has 0 fully saturated rings. The van der Waals surface area contributed by atoms with Gasteiger partial charge < -0.3 is 14.8 Å². The summed E-state index contributed by atoms with van der Waals surface area (Å²) in [5.41, 5.74) is 1.40. The molecule has 2 aromatic carbocycles. The topological polar surface area (TPSA) is 64.6 Å². The SMILES string of the molecule is CCCCNC(=O)C(COCc1ccccc1)OC(=O)c1ccccc1. The zero-order valence-electron chi connectivity index (χ0n) is 15.0. The maximum atomic E-state index is 12.4. The molecule has 1 N–H and O–H groups in total. The fourth-order valence-corrected chi connectivity index (χ4v) is 2.29. The number of esters is 1. The first kappa shape index (κ1) is 19.7. The highest BCUT2D eigenvalue weighted by Gasteiger charge is 2.23. The van der Waals surface area contributed by atoms with Crippen molar-refractivity contribution in [2.24, 2.45) is 0 Å². The summed E-state index contributed by atoms with van der Waals surface area (Å²) in [6, 6.07) is 18.3. The van der Waals surface area contributed by atoms with Crippen LogP contribution in [0.25, 0.3) is 0 Å². The standard InChI is InChI=1S/C21H25NO4/c1-2-3-14-22-20(23)19(16-25-15-17-10-6-4-7-11-17)26-21(24)18-12-8-5-9-13-18/h4-13,19H,2-3,14-16H2,1H3,(H,22,23). The molecule has 0 aromatic heterocycles. The van der Waals surface area contributed by atoms with Gasteiger partial charge in [-0.2, -0.15) is 0 Å². The first-order chi connectivity index (χ1) is 12.7. The first-order valence-electron chi connectivity index (χ1n) is 8.86. The van der Waals surface area contributed by atoms with Crippen molar-refractivity contribution in [1.82, 2.24) is 5.32 Å². The number of hydrogen-bond acceptors (Lipinski definition) is 4. The number of carbonyl (C=O) groups excluding carboxylic acids is 2. The summed E-state index contributed by atoms with van der Waals surface area (Å²) in [5.74, 6) is -0.875. The molecule has 138 valence electrons. The van der Waals surface area contributed by atoms with E-state index in [0.717, 1.165) is 18.4 Å². The Hall–Kier alpha value is -2.66. The van der Waals surface area contributed by atoms with E-state index in [0.29, 0.717) is 18.7 Å². The van der Waals surface area contributed by atoms with Gasteiger partial charge in [-0.25, -0.2) is 4.79 Å². The minimum atomic E-state index is -0.983. The zero-order valence-corrected chi connectivity index (χ0v) is 15.0. The largest absolute Gasteiger partial charge is 0.446 e. The highest BCUT2D eigenvalue weighted by Crippen LogP contribution is 2.07. The van der Waals surface area contributed by atoms with E-state index in [1.807, 2.05) is 43.3 Å². The molecule has 0 aliphatic rings. The van der Waals surface area contributed by atoms with Gasteiger partial charge in [0.1, 0.15) is 0 Å². The van der Waals surface area contributed by atoms with Gasteiger partial charge in [-0.05, 0) is 24.1 Å². The number of benzene rings is 2. The van der Waals surface area contributed by atoms with Crippen LogP contribution >= 0.6 is 0 Å². The maximum absolute atomic E-state index is 12.4. The second-order valence-corrected chi connectivity index (χ2v) is 5.91. The Balaban J connectivity index is 1.94. The molecule has 0 heterocycles. The van der Waals surface area contributed by atoms with Crippen molar-refractivity contribution in [1.29, 1.82) is 0 Å². The van der Waals surface area contributed by atoms with Crippen LogP contribution in [0.2, 0.25) is 0 Å². The zero-order chi connectivity index (χ0) is 18.6. The number of unbranched alkanes of at least 4 members (excludes halogenated alkanes) is 1. The Kier molecular flexibility index (Phi) is 8.36. The molecule has 2 rings (SSSR count). The van der Waals surface area contributed by atoms with Gasteiger partial charge in [0.05, 0.1) is 18.8 Å². The second-order valence-electron chi connectivity index (χ2n) is 5.91. The van der Waals surface area contributed by atoms with Gasteiger partial charge in [-0.15, -0.1) is 0 Å². The maximum Gasteiger partial charge on any atom is 0.338 e. The third kappa shape index (κ3) is 6.69. The number of nitrogens with one attached hydrogen (secondary N) is 1. The van der Waals surface area contributed by atoms with Gasteiger partial charge in [0.15, 0.2) is 0 Å². The average molecular weight is 355 g/mol. The molecule has 0 spiro atoms. The normalized spacial score (nSPS) is 11.6. The van der Waals surface area contributed by atoms with E-state index in [4.69, 9.17) is 9.47 Å². The molecule has 1 unspecified atom stereocenters. The third-order valence-corrected chi connectivity index (χ3v) is 3.76. The Morgan fingerprint density at radius 3 is 2.31 bits per heavy atom. The van der Waals surface area contributed by atoms with Crippen LogP contribution < -0.4 is 5.32 Å². The van der Waals surface area contributed by atoms with Crippen molar-refractivity contribution in [3.8, 4) is 0 Å². The van der Waals surface area contributed by atoms with E-state index in [-0.39, 0.29) is 12.5 Å². The summed E-state index contributed by atoms with van der Waals surface area (Å²) in [6.07, 6.45) is 0.859. The predicted molar refractivity (Wildman–Crippen MR) is 99.7 cm³/mol.